The molecule has 2 atom stereocenters. The van der Waals surface area contributed by atoms with E-state index in [1.807, 2.05) is 30.5 Å². The minimum absolute atomic E-state index is 0.107. The first-order valence-electron chi connectivity index (χ1n) is 10.1. The van der Waals surface area contributed by atoms with Gasteiger partial charge in [0.25, 0.3) is 0 Å². The summed E-state index contributed by atoms with van der Waals surface area (Å²) in [5.41, 5.74) is 3.16. The molecule has 2 aliphatic heterocycles. The molecule has 1 saturated carbocycles. The van der Waals surface area contributed by atoms with Crippen LogP contribution in [0.25, 0.3) is 10.9 Å². The van der Waals surface area contributed by atoms with Gasteiger partial charge < -0.3 is 15.0 Å². The Morgan fingerprint density at radius 1 is 1.31 bits per heavy atom. The number of nitrogens with zero attached hydrogens (tertiary/aromatic N) is 4. The maximum Gasteiger partial charge on any atom is 0.326 e. The van der Waals surface area contributed by atoms with Crippen LogP contribution in [0, 0.1) is 0 Å². The lowest BCUT2D eigenvalue weighted by Crippen LogP contribution is -2.58. The summed E-state index contributed by atoms with van der Waals surface area (Å²) in [5, 5.41) is 19.6. The molecule has 2 fully saturated rings. The van der Waals surface area contributed by atoms with E-state index >= 15 is 0 Å². The predicted molar refractivity (Wildman–Crippen MR) is 103 cm³/mol. The molecule has 4 heterocycles. The van der Waals surface area contributed by atoms with Crippen molar-refractivity contribution in [3.05, 3.63) is 47.4 Å². The van der Waals surface area contributed by atoms with E-state index in [0.717, 1.165) is 40.7 Å². The zero-order valence-corrected chi connectivity index (χ0v) is 15.8. The molecule has 0 unspecified atom stereocenters. The van der Waals surface area contributed by atoms with Crippen molar-refractivity contribution in [3.8, 4) is 0 Å². The summed E-state index contributed by atoms with van der Waals surface area (Å²) in [6, 6.07) is 7.07. The number of hydrogen-bond donors (Lipinski definition) is 2. The van der Waals surface area contributed by atoms with E-state index in [-0.39, 0.29) is 5.91 Å². The molecular weight excluding hydrogens is 370 g/mol. The molecule has 3 aromatic rings. The monoisotopic (exact) mass is 391 g/mol. The lowest BCUT2D eigenvalue weighted by atomic mass is 9.81. The number of rotatable bonds is 4. The first kappa shape index (κ1) is 16.8. The third kappa shape index (κ3) is 2.31. The number of carbonyl (C=O) groups is 2. The minimum atomic E-state index is -0.960. The second-order valence-corrected chi connectivity index (χ2v) is 8.49. The van der Waals surface area contributed by atoms with Gasteiger partial charge in [-0.25, -0.2) is 9.48 Å². The number of aliphatic carboxylic acids is 1. The van der Waals surface area contributed by atoms with E-state index in [0.29, 0.717) is 31.7 Å². The zero-order chi connectivity index (χ0) is 19.8. The summed E-state index contributed by atoms with van der Waals surface area (Å²) in [4.78, 5) is 30.2. The molecule has 3 aliphatic rings. The standard InChI is InChI=1S/C21H21N5O3/c27-18-7-8-21(11-25-10-16(23-24-25)12-5-6-12)19-14(9-17(20(28)29)26(18)21)13-3-1-2-4-15(13)22-19/h1-4,10,12,17,22H,5-9,11H2,(H,28,29)/t17-,21-/m0/s1. The van der Waals surface area contributed by atoms with Crippen LogP contribution in [0.4, 0.5) is 0 Å². The van der Waals surface area contributed by atoms with Gasteiger partial charge in [0.15, 0.2) is 0 Å². The fourth-order valence-electron chi connectivity index (χ4n) is 5.26. The third-order valence-corrected chi connectivity index (χ3v) is 6.73. The minimum Gasteiger partial charge on any atom is -0.480 e. The van der Waals surface area contributed by atoms with Gasteiger partial charge in [-0.05, 0) is 30.9 Å². The Kier molecular flexibility index (Phi) is 3.29. The summed E-state index contributed by atoms with van der Waals surface area (Å²) >= 11 is 0. The molecule has 1 saturated heterocycles. The van der Waals surface area contributed by atoms with Gasteiger partial charge in [0.1, 0.15) is 11.6 Å². The molecule has 1 aliphatic carbocycles. The molecule has 0 radical (unpaired) electrons. The Labute approximate surface area is 166 Å². The largest absolute Gasteiger partial charge is 0.480 e. The molecule has 148 valence electrons. The SMILES string of the molecule is O=C(O)[C@@H]1Cc2c([nH]c3ccccc23)[C@@]2(Cn3cc(C4CC4)nn3)CCC(=O)N12. The maximum absolute atomic E-state index is 12.9. The van der Waals surface area contributed by atoms with Crippen molar-refractivity contribution in [1.29, 1.82) is 0 Å². The van der Waals surface area contributed by atoms with E-state index in [2.05, 4.69) is 15.3 Å². The number of benzene rings is 1. The van der Waals surface area contributed by atoms with Gasteiger partial charge >= 0.3 is 5.97 Å². The van der Waals surface area contributed by atoms with Crippen LogP contribution in [0.1, 0.15) is 48.6 Å². The van der Waals surface area contributed by atoms with Gasteiger partial charge in [0.05, 0.1) is 12.2 Å². The number of H-pyrrole nitrogens is 1. The second-order valence-electron chi connectivity index (χ2n) is 8.49. The number of aromatic amines is 1. The number of amides is 1. The average Bonchev–Trinajstić information content (AvgIpc) is 3.20. The fraction of sp³-hybridized carbons (Fsp3) is 0.429. The van der Waals surface area contributed by atoms with Gasteiger partial charge in [-0.3, -0.25) is 4.79 Å². The van der Waals surface area contributed by atoms with Crippen molar-refractivity contribution in [2.45, 2.75) is 56.1 Å². The molecule has 8 heteroatoms. The number of nitrogens with one attached hydrogen (secondary N) is 1. The summed E-state index contributed by atoms with van der Waals surface area (Å²) in [6.07, 6.45) is 5.45. The highest BCUT2D eigenvalue weighted by Gasteiger charge is 2.56. The van der Waals surface area contributed by atoms with Gasteiger partial charge in [-0.15, -0.1) is 5.10 Å². The number of carboxylic acid groups (broad SMARTS) is 1. The van der Waals surface area contributed by atoms with E-state index in [1.165, 1.54) is 0 Å². The lowest BCUT2D eigenvalue weighted by molar-refractivity contribution is -0.154. The first-order chi connectivity index (χ1) is 14.1. The van der Waals surface area contributed by atoms with E-state index in [9.17, 15) is 14.7 Å². The van der Waals surface area contributed by atoms with E-state index < -0.39 is 17.6 Å². The van der Waals surface area contributed by atoms with Crippen LogP contribution in [0.15, 0.2) is 30.5 Å². The molecule has 8 nitrogen and oxygen atoms in total. The van der Waals surface area contributed by atoms with Crippen molar-refractivity contribution < 1.29 is 14.7 Å². The Balaban J connectivity index is 1.54. The normalized spacial score (nSPS) is 26.0. The molecular formula is C21H21N5O3. The highest BCUT2D eigenvalue weighted by Crippen LogP contribution is 2.49. The van der Waals surface area contributed by atoms with Crippen LogP contribution in [-0.4, -0.2) is 47.9 Å². The van der Waals surface area contributed by atoms with Crippen molar-refractivity contribution in [3.63, 3.8) is 0 Å². The van der Waals surface area contributed by atoms with Gasteiger partial charge in [-0.2, -0.15) is 0 Å². The number of carboxylic acids is 1. The molecule has 2 aromatic heterocycles. The summed E-state index contributed by atoms with van der Waals surface area (Å²) < 4.78 is 1.79. The first-order valence-corrected chi connectivity index (χ1v) is 10.1. The highest BCUT2D eigenvalue weighted by atomic mass is 16.4. The van der Waals surface area contributed by atoms with Crippen LogP contribution in [0.3, 0.4) is 0 Å². The lowest BCUT2D eigenvalue weighted by Gasteiger charge is -2.45. The number of para-hydroxylation sites is 1. The molecule has 29 heavy (non-hydrogen) atoms. The van der Waals surface area contributed by atoms with Gasteiger partial charge in [-0.1, -0.05) is 23.4 Å². The topological polar surface area (TPSA) is 104 Å². The Morgan fingerprint density at radius 2 is 2.14 bits per heavy atom. The fourth-order valence-corrected chi connectivity index (χ4v) is 5.26. The Hall–Kier alpha value is -3.16. The van der Waals surface area contributed by atoms with Crippen molar-refractivity contribution >= 4 is 22.8 Å². The summed E-state index contributed by atoms with van der Waals surface area (Å²) in [7, 11) is 0. The van der Waals surface area contributed by atoms with Crippen LogP contribution in [0.5, 0.6) is 0 Å². The highest BCUT2D eigenvalue weighted by molar-refractivity contribution is 5.91. The van der Waals surface area contributed by atoms with Gasteiger partial charge in [0, 0.05) is 41.6 Å². The average molecular weight is 391 g/mol. The summed E-state index contributed by atoms with van der Waals surface area (Å²) in [5.74, 6) is -0.577. The van der Waals surface area contributed by atoms with Crippen LogP contribution in [-0.2, 0) is 28.1 Å². The quantitative estimate of drug-likeness (QED) is 0.709. The molecule has 6 rings (SSSR count). The van der Waals surface area contributed by atoms with Crippen LogP contribution >= 0.6 is 0 Å². The van der Waals surface area contributed by atoms with Gasteiger partial charge in [0.2, 0.25) is 5.91 Å². The number of carbonyl (C=O) groups excluding carboxylic acids is 1. The molecule has 1 aromatic carbocycles. The van der Waals surface area contributed by atoms with E-state index in [1.54, 1.807) is 9.58 Å². The number of aromatic nitrogens is 4. The number of fused-ring (bicyclic) bond motifs is 5. The third-order valence-electron chi connectivity index (χ3n) is 6.73. The number of hydrogen-bond acceptors (Lipinski definition) is 4. The molecule has 1 amide bonds. The Bertz CT molecular complexity index is 1160. The predicted octanol–water partition coefficient (Wildman–Crippen LogP) is 2.16. The Morgan fingerprint density at radius 3 is 2.93 bits per heavy atom. The van der Waals surface area contributed by atoms with Crippen LogP contribution in [0.2, 0.25) is 0 Å². The van der Waals surface area contributed by atoms with Crippen molar-refractivity contribution in [2.75, 3.05) is 0 Å². The summed E-state index contributed by atoms with van der Waals surface area (Å²) in [6.45, 7) is 0.405. The molecule has 0 spiro atoms. The maximum atomic E-state index is 12.9. The van der Waals surface area contributed by atoms with Crippen molar-refractivity contribution in [2.24, 2.45) is 0 Å². The zero-order valence-electron chi connectivity index (χ0n) is 15.8. The molecule has 2 N–H and O–H groups in total. The van der Waals surface area contributed by atoms with E-state index in [4.69, 9.17) is 0 Å². The van der Waals surface area contributed by atoms with Crippen LogP contribution < -0.4 is 0 Å². The smallest absolute Gasteiger partial charge is 0.326 e. The second kappa shape index (κ2) is 5.68. The molecule has 0 bridgehead atoms. The van der Waals surface area contributed by atoms with Crippen molar-refractivity contribution in [1.82, 2.24) is 24.9 Å².